The number of methoxy groups -OCH3 is 1. The molecule has 2 rings (SSSR count). The second-order valence-corrected chi connectivity index (χ2v) is 4.89. The van der Waals surface area contributed by atoms with Crippen molar-refractivity contribution in [2.24, 2.45) is 0 Å². The zero-order valence-corrected chi connectivity index (χ0v) is 12.7. The molecule has 0 heterocycles. The summed E-state index contributed by atoms with van der Waals surface area (Å²) in [5.41, 5.74) is 2.32. The topological polar surface area (TPSA) is 18.5 Å². The number of rotatable bonds is 5. The van der Waals surface area contributed by atoms with E-state index < -0.39 is 0 Å². The molecule has 2 aromatic carbocycles. The highest BCUT2D eigenvalue weighted by Gasteiger charge is 2.01. The van der Waals surface area contributed by atoms with E-state index in [4.69, 9.17) is 21.1 Å². The van der Waals surface area contributed by atoms with Gasteiger partial charge in [0, 0.05) is 12.1 Å². The maximum absolute atomic E-state index is 6.17. The standard InChI is InChI=1S/C18H17ClO2/c1-20-12-4-5-13-21-17-10-8-15(9-11-17)14-16-6-2-3-7-18(16)19/h2-3,6-11H,12-14H2,1H3. The van der Waals surface area contributed by atoms with E-state index in [1.54, 1.807) is 7.11 Å². The molecule has 0 bridgehead atoms. The number of halogens is 1. The van der Waals surface area contributed by atoms with Gasteiger partial charge in [0.25, 0.3) is 0 Å². The summed E-state index contributed by atoms with van der Waals surface area (Å²) in [6.07, 6.45) is 0.813. The maximum Gasteiger partial charge on any atom is 0.149 e. The van der Waals surface area contributed by atoms with Crippen LogP contribution >= 0.6 is 11.6 Å². The Kier molecular flexibility index (Phi) is 6.15. The first-order chi connectivity index (χ1) is 10.3. The largest absolute Gasteiger partial charge is 0.481 e. The monoisotopic (exact) mass is 300 g/mol. The highest BCUT2D eigenvalue weighted by atomic mass is 35.5. The van der Waals surface area contributed by atoms with E-state index in [-0.39, 0.29) is 0 Å². The zero-order chi connectivity index (χ0) is 14.9. The van der Waals surface area contributed by atoms with Gasteiger partial charge < -0.3 is 9.47 Å². The third kappa shape index (κ3) is 5.15. The number of benzene rings is 2. The number of hydrogen-bond acceptors (Lipinski definition) is 2. The van der Waals surface area contributed by atoms with Crippen molar-refractivity contribution in [2.75, 3.05) is 20.3 Å². The Hall–Kier alpha value is -1.95. The lowest BCUT2D eigenvalue weighted by atomic mass is 10.1. The van der Waals surface area contributed by atoms with Gasteiger partial charge >= 0.3 is 0 Å². The van der Waals surface area contributed by atoms with Crippen molar-refractivity contribution in [3.63, 3.8) is 0 Å². The molecule has 0 saturated heterocycles. The van der Waals surface area contributed by atoms with Crippen LogP contribution in [0, 0.1) is 11.8 Å². The van der Waals surface area contributed by atoms with Crippen molar-refractivity contribution in [1.82, 2.24) is 0 Å². The predicted molar refractivity (Wildman–Crippen MR) is 85.8 cm³/mol. The summed E-state index contributed by atoms with van der Waals surface area (Å²) in [5.74, 6) is 6.54. The minimum Gasteiger partial charge on any atom is -0.481 e. The van der Waals surface area contributed by atoms with E-state index in [1.165, 1.54) is 5.56 Å². The Morgan fingerprint density at radius 2 is 1.67 bits per heavy atom. The zero-order valence-electron chi connectivity index (χ0n) is 11.9. The molecule has 0 amide bonds. The van der Waals surface area contributed by atoms with Crippen LogP contribution in [0.25, 0.3) is 0 Å². The fraction of sp³-hybridized carbons (Fsp3) is 0.222. The molecule has 2 aromatic rings. The molecule has 0 radical (unpaired) electrons. The first-order valence-corrected chi connectivity index (χ1v) is 7.07. The maximum atomic E-state index is 6.17. The summed E-state index contributed by atoms with van der Waals surface area (Å²) in [4.78, 5) is 0. The van der Waals surface area contributed by atoms with Gasteiger partial charge in [0.2, 0.25) is 0 Å². The molecule has 0 saturated carbocycles. The van der Waals surface area contributed by atoms with Crippen LogP contribution in [-0.2, 0) is 11.2 Å². The molecular formula is C18H17ClO2. The van der Waals surface area contributed by atoms with Crippen LogP contribution < -0.4 is 4.74 Å². The molecule has 0 aromatic heterocycles. The van der Waals surface area contributed by atoms with E-state index in [0.29, 0.717) is 13.2 Å². The van der Waals surface area contributed by atoms with Crippen molar-refractivity contribution in [3.8, 4) is 17.6 Å². The number of hydrogen-bond donors (Lipinski definition) is 0. The summed E-state index contributed by atoms with van der Waals surface area (Å²) in [7, 11) is 1.62. The Balaban J connectivity index is 1.91. The second kappa shape index (κ2) is 8.36. The lowest BCUT2D eigenvalue weighted by Gasteiger charge is -2.06. The minimum absolute atomic E-state index is 0.368. The first kappa shape index (κ1) is 15.4. The number of ether oxygens (including phenoxy) is 2. The van der Waals surface area contributed by atoms with Crippen LogP contribution in [0.3, 0.4) is 0 Å². The van der Waals surface area contributed by atoms with Gasteiger partial charge in [-0.25, -0.2) is 0 Å². The third-order valence-electron chi connectivity index (χ3n) is 2.93. The molecule has 0 aliphatic carbocycles. The van der Waals surface area contributed by atoms with Crippen LogP contribution in [0.5, 0.6) is 5.75 Å². The van der Waals surface area contributed by atoms with Crippen LogP contribution in [0.15, 0.2) is 48.5 Å². The average molecular weight is 301 g/mol. The normalized spacial score (nSPS) is 9.81. The SMILES string of the molecule is COCC#CCOc1ccc(Cc2ccccc2Cl)cc1. The van der Waals surface area contributed by atoms with Crippen molar-refractivity contribution in [2.45, 2.75) is 6.42 Å². The molecule has 2 nitrogen and oxygen atoms in total. The molecule has 0 aliphatic heterocycles. The molecule has 0 N–H and O–H groups in total. The molecule has 0 aliphatic rings. The van der Waals surface area contributed by atoms with Gasteiger partial charge in [0.1, 0.15) is 19.0 Å². The molecule has 0 fully saturated rings. The fourth-order valence-corrected chi connectivity index (χ4v) is 2.06. The molecular weight excluding hydrogens is 284 g/mol. The average Bonchev–Trinajstić information content (AvgIpc) is 2.51. The Bertz CT molecular complexity index is 624. The summed E-state index contributed by atoms with van der Waals surface area (Å²) in [5, 5.41) is 0.797. The Morgan fingerprint density at radius 1 is 0.952 bits per heavy atom. The fourth-order valence-electron chi connectivity index (χ4n) is 1.86. The molecule has 108 valence electrons. The predicted octanol–water partition coefficient (Wildman–Crippen LogP) is 3.96. The summed E-state index contributed by atoms with van der Waals surface area (Å²) >= 11 is 6.17. The molecule has 0 spiro atoms. The van der Waals surface area contributed by atoms with E-state index in [9.17, 15) is 0 Å². The molecule has 3 heteroatoms. The van der Waals surface area contributed by atoms with Crippen molar-refractivity contribution in [1.29, 1.82) is 0 Å². The van der Waals surface area contributed by atoms with Crippen molar-refractivity contribution >= 4 is 11.6 Å². The van der Waals surface area contributed by atoms with Crippen LogP contribution in [0.1, 0.15) is 11.1 Å². The summed E-state index contributed by atoms with van der Waals surface area (Å²) in [6.45, 7) is 0.799. The van der Waals surface area contributed by atoms with Gasteiger partial charge in [-0.2, -0.15) is 0 Å². The minimum atomic E-state index is 0.368. The van der Waals surface area contributed by atoms with Gasteiger partial charge in [-0.05, 0) is 35.7 Å². The van der Waals surface area contributed by atoms with Gasteiger partial charge in [0.15, 0.2) is 0 Å². The summed E-state index contributed by atoms with van der Waals surface area (Å²) in [6, 6.07) is 15.9. The van der Waals surface area contributed by atoms with Gasteiger partial charge in [-0.1, -0.05) is 53.8 Å². The van der Waals surface area contributed by atoms with E-state index in [1.807, 2.05) is 48.5 Å². The highest BCUT2D eigenvalue weighted by Crippen LogP contribution is 2.20. The lowest BCUT2D eigenvalue weighted by molar-refractivity contribution is 0.239. The quantitative estimate of drug-likeness (QED) is 0.778. The molecule has 21 heavy (non-hydrogen) atoms. The van der Waals surface area contributed by atoms with E-state index >= 15 is 0 Å². The van der Waals surface area contributed by atoms with E-state index in [2.05, 4.69) is 11.8 Å². The Morgan fingerprint density at radius 3 is 2.38 bits per heavy atom. The highest BCUT2D eigenvalue weighted by molar-refractivity contribution is 6.31. The van der Waals surface area contributed by atoms with Gasteiger partial charge in [0.05, 0.1) is 0 Å². The third-order valence-corrected chi connectivity index (χ3v) is 3.30. The van der Waals surface area contributed by atoms with Gasteiger partial charge in [-0.3, -0.25) is 0 Å². The van der Waals surface area contributed by atoms with Crippen LogP contribution in [0.2, 0.25) is 5.02 Å². The van der Waals surface area contributed by atoms with Crippen molar-refractivity contribution < 1.29 is 9.47 Å². The molecule has 0 atom stereocenters. The Labute approximate surface area is 130 Å². The summed E-state index contributed by atoms with van der Waals surface area (Å²) < 4.78 is 10.4. The smallest absolute Gasteiger partial charge is 0.149 e. The second-order valence-electron chi connectivity index (χ2n) is 4.49. The van der Waals surface area contributed by atoms with Gasteiger partial charge in [-0.15, -0.1) is 0 Å². The first-order valence-electron chi connectivity index (χ1n) is 6.69. The van der Waals surface area contributed by atoms with E-state index in [0.717, 1.165) is 22.8 Å². The van der Waals surface area contributed by atoms with Crippen LogP contribution in [0.4, 0.5) is 0 Å². The van der Waals surface area contributed by atoms with Crippen LogP contribution in [-0.4, -0.2) is 20.3 Å². The molecule has 0 unspecified atom stereocenters. The van der Waals surface area contributed by atoms with Crippen molar-refractivity contribution in [3.05, 3.63) is 64.7 Å². The lowest BCUT2D eigenvalue weighted by Crippen LogP contribution is -1.95.